The van der Waals surface area contributed by atoms with Gasteiger partial charge in [-0.1, -0.05) is 0 Å². The van der Waals surface area contributed by atoms with Crippen molar-refractivity contribution in [2.24, 2.45) is 0 Å². The molecular formula is C19H22N4O2. The monoisotopic (exact) mass is 338 g/mol. The Kier molecular flexibility index (Phi) is 4.17. The third-order valence-corrected chi connectivity index (χ3v) is 4.83. The van der Waals surface area contributed by atoms with E-state index in [9.17, 15) is 4.79 Å². The number of ether oxygens (including phenoxy) is 1. The summed E-state index contributed by atoms with van der Waals surface area (Å²) in [4.78, 5) is 22.1. The van der Waals surface area contributed by atoms with Crippen LogP contribution < -0.4 is 4.74 Å². The Morgan fingerprint density at radius 2 is 2.16 bits per heavy atom. The fourth-order valence-electron chi connectivity index (χ4n) is 3.50. The van der Waals surface area contributed by atoms with Crippen molar-refractivity contribution in [1.29, 1.82) is 0 Å². The van der Waals surface area contributed by atoms with Crippen molar-refractivity contribution in [3.63, 3.8) is 0 Å². The van der Waals surface area contributed by atoms with Crippen molar-refractivity contribution in [2.45, 2.75) is 25.8 Å². The third-order valence-electron chi connectivity index (χ3n) is 4.83. The van der Waals surface area contributed by atoms with E-state index in [-0.39, 0.29) is 5.91 Å². The Morgan fingerprint density at radius 1 is 1.32 bits per heavy atom. The first-order valence-corrected chi connectivity index (χ1v) is 8.77. The summed E-state index contributed by atoms with van der Waals surface area (Å²) in [5.41, 5.74) is 1.58. The molecule has 0 bridgehead atoms. The quantitative estimate of drug-likeness (QED) is 0.794. The molecule has 1 aliphatic heterocycles. The Hall–Kier alpha value is -2.76. The molecule has 6 nitrogen and oxygen atoms in total. The highest BCUT2D eigenvalue weighted by Gasteiger charge is 2.25. The number of imidazole rings is 1. The van der Waals surface area contributed by atoms with Crippen LogP contribution in [-0.4, -0.2) is 45.0 Å². The maximum absolute atomic E-state index is 12.8. The highest BCUT2D eigenvalue weighted by atomic mass is 16.5. The number of carbonyl (C=O) groups excluding carboxylic acids is 1. The number of benzene rings is 1. The molecule has 25 heavy (non-hydrogen) atoms. The number of fused-ring (bicyclic) bond motifs is 1. The van der Waals surface area contributed by atoms with Gasteiger partial charge >= 0.3 is 0 Å². The van der Waals surface area contributed by atoms with Crippen LogP contribution in [0.15, 0.2) is 43.0 Å². The zero-order chi connectivity index (χ0) is 17.2. The SMILES string of the molecule is CCOc1ccc2cc(C(=O)N3CCC(n4ccnc4)CC3)[nH]c2c1. The fourth-order valence-corrected chi connectivity index (χ4v) is 3.50. The van der Waals surface area contributed by atoms with E-state index in [0.29, 0.717) is 18.3 Å². The van der Waals surface area contributed by atoms with E-state index < -0.39 is 0 Å². The van der Waals surface area contributed by atoms with E-state index in [4.69, 9.17) is 4.74 Å². The highest BCUT2D eigenvalue weighted by Crippen LogP contribution is 2.25. The number of likely N-dealkylation sites (tertiary alicyclic amines) is 1. The summed E-state index contributed by atoms with van der Waals surface area (Å²) in [5.74, 6) is 0.884. The van der Waals surface area contributed by atoms with Crippen LogP contribution in [0.3, 0.4) is 0 Å². The van der Waals surface area contributed by atoms with Crippen LogP contribution >= 0.6 is 0 Å². The van der Waals surface area contributed by atoms with Gasteiger partial charge in [-0.05, 0) is 38.0 Å². The standard InChI is InChI=1S/C19H22N4O2/c1-2-25-16-4-3-14-11-18(21-17(14)12-16)19(24)22-8-5-15(6-9-22)23-10-7-20-13-23/h3-4,7,10-13,15,21H,2,5-6,8-9H2,1H3. The molecule has 130 valence electrons. The van der Waals surface area contributed by atoms with Gasteiger partial charge in [-0.15, -0.1) is 0 Å². The van der Waals surface area contributed by atoms with Crippen LogP contribution in [0, 0.1) is 0 Å². The van der Waals surface area contributed by atoms with Crippen molar-refractivity contribution in [1.82, 2.24) is 19.4 Å². The fraction of sp³-hybridized carbons (Fsp3) is 0.368. The van der Waals surface area contributed by atoms with Crippen molar-refractivity contribution in [2.75, 3.05) is 19.7 Å². The number of amides is 1. The van der Waals surface area contributed by atoms with E-state index in [1.807, 2.05) is 48.6 Å². The van der Waals surface area contributed by atoms with E-state index in [1.165, 1.54) is 0 Å². The topological polar surface area (TPSA) is 63.1 Å². The molecule has 1 amide bonds. The van der Waals surface area contributed by atoms with Gasteiger partial charge in [-0.2, -0.15) is 0 Å². The predicted octanol–water partition coefficient (Wildman–Crippen LogP) is 3.24. The molecule has 0 spiro atoms. The zero-order valence-corrected chi connectivity index (χ0v) is 14.3. The number of aromatic nitrogens is 3. The maximum atomic E-state index is 12.8. The van der Waals surface area contributed by atoms with E-state index in [1.54, 1.807) is 6.20 Å². The molecule has 0 aliphatic carbocycles. The number of nitrogens with zero attached hydrogens (tertiary/aromatic N) is 3. The van der Waals surface area contributed by atoms with E-state index in [2.05, 4.69) is 14.5 Å². The summed E-state index contributed by atoms with van der Waals surface area (Å²) in [7, 11) is 0. The molecule has 0 radical (unpaired) electrons. The normalized spacial score (nSPS) is 15.6. The van der Waals surface area contributed by atoms with Crippen molar-refractivity contribution in [3.05, 3.63) is 48.7 Å². The van der Waals surface area contributed by atoms with Crippen LogP contribution in [0.5, 0.6) is 5.75 Å². The van der Waals surface area contributed by atoms with Crippen LogP contribution in [0.25, 0.3) is 10.9 Å². The van der Waals surface area contributed by atoms with Crippen molar-refractivity contribution in [3.8, 4) is 5.75 Å². The second-order valence-corrected chi connectivity index (χ2v) is 6.40. The van der Waals surface area contributed by atoms with Crippen LogP contribution in [0.4, 0.5) is 0 Å². The first-order chi connectivity index (χ1) is 12.2. The molecule has 1 aromatic carbocycles. The third kappa shape index (κ3) is 3.12. The Bertz CT molecular complexity index is 861. The average Bonchev–Trinajstić information content (AvgIpc) is 3.31. The number of hydrogen-bond acceptors (Lipinski definition) is 3. The summed E-state index contributed by atoms with van der Waals surface area (Å²) in [5, 5.41) is 1.03. The Labute approximate surface area is 146 Å². The molecule has 1 fully saturated rings. The summed E-state index contributed by atoms with van der Waals surface area (Å²) >= 11 is 0. The highest BCUT2D eigenvalue weighted by molar-refractivity contribution is 5.98. The lowest BCUT2D eigenvalue weighted by Gasteiger charge is -2.32. The van der Waals surface area contributed by atoms with Gasteiger partial charge in [-0.25, -0.2) is 4.98 Å². The van der Waals surface area contributed by atoms with E-state index in [0.717, 1.165) is 42.6 Å². The average molecular weight is 338 g/mol. The van der Waals surface area contributed by atoms with E-state index >= 15 is 0 Å². The second kappa shape index (κ2) is 6.63. The molecule has 0 atom stereocenters. The van der Waals surface area contributed by atoms with Gasteiger partial charge in [0.05, 0.1) is 12.9 Å². The van der Waals surface area contributed by atoms with Gasteiger partial charge in [0.25, 0.3) is 5.91 Å². The minimum absolute atomic E-state index is 0.0678. The number of carbonyl (C=O) groups is 1. The lowest BCUT2D eigenvalue weighted by molar-refractivity contribution is 0.0689. The van der Waals surface area contributed by atoms with Crippen LogP contribution in [0.1, 0.15) is 36.3 Å². The minimum Gasteiger partial charge on any atom is -0.494 e. The summed E-state index contributed by atoms with van der Waals surface area (Å²) in [6.07, 6.45) is 7.57. The number of hydrogen-bond donors (Lipinski definition) is 1. The maximum Gasteiger partial charge on any atom is 0.270 e. The molecular weight excluding hydrogens is 316 g/mol. The lowest BCUT2D eigenvalue weighted by Crippen LogP contribution is -2.39. The molecule has 4 rings (SSSR count). The number of nitrogens with one attached hydrogen (secondary N) is 1. The summed E-state index contributed by atoms with van der Waals surface area (Å²) in [6.45, 7) is 4.12. The largest absolute Gasteiger partial charge is 0.494 e. The van der Waals surface area contributed by atoms with Gasteiger partial charge in [-0.3, -0.25) is 4.79 Å². The number of aromatic amines is 1. The van der Waals surface area contributed by atoms with Gasteiger partial charge in [0.2, 0.25) is 0 Å². The lowest BCUT2D eigenvalue weighted by atomic mass is 10.0. The Balaban J connectivity index is 1.47. The zero-order valence-electron chi connectivity index (χ0n) is 14.3. The van der Waals surface area contributed by atoms with Crippen molar-refractivity contribution < 1.29 is 9.53 Å². The smallest absolute Gasteiger partial charge is 0.270 e. The molecule has 1 saturated heterocycles. The molecule has 6 heteroatoms. The summed E-state index contributed by atoms with van der Waals surface area (Å²) in [6, 6.07) is 8.22. The van der Waals surface area contributed by atoms with Gasteiger partial charge in [0.1, 0.15) is 11.4 Å². The van der Waals surface area contributed by atoms with Crippen LogP contribution in [0.2, 0.25) is 0 Å². The predicted molar refractivity (Wildman–Crippen MR) is 95.9 cm³/mol. The van der Waals surface area contributed by atoms with Crippen molar-refractivity contribution >= 4 is 16.8 Å². The second-order valence-electron chi connectivity index (χ2n) is 6.40. The first kappa shape index (κ1) is 15.7. The molecule has 3 aromatic rings. The Morgan fingerprint density at radius 3 is 2.88 bits per heavy atom. The molecule has 1 N–H and O–H groups in total. The molecule has 0 saturated carbocycles. The van der Waals surface area contributed by atoms with Gasteiger partial charge in [0, 0.05) is 48.5 Å². The number of H-pyrrole nitrogens is 1. The van der Waals surface area contributed by atoms with Gasteiger partial charge in [0.15, 0.2) is 0 Å². The molecule has 1 aliphatic rings. The molecule has 0 unspecified atom stereocenters. The molecule has 2 aromatic heterocycles. The minimum atomic E-state index is 0.0678. The molecule has 3 heterocycles. The first-order valence-electron chi connectivity index (χ1n) is 8.77. The number of piperidine rings is 1. The summed E-state index contributed by atoms with van der Waals surface area (Å²) < 4.78 is 7.66. The number of rotatable bonds is 4. The van der Waals surface area contributed by atoms with Gasteiger partial charge < -0.3 is 19.2 Å². The van der Waals surface area contributed by atoms with Crippen LogP contribution in [-0.2, 0) is 0 Å².